The van der Waals surface area contributed by atoms with Crippen molar-refractivity contribution in [3.8, 4) is 0 Å². The van der Waals surface area contributed by atoms with Crippen molar-refractivity contribution >= 4 is 45.5 Å². The van der Waals surface area contributed by atoms with Crippen LogP contribution in [-0.4, -0.2) is 46.0 Å². The number of aliphatic hydroxyl groups is 1. The Morgan fingerprint density at radius 3 is 3.09 bits per heavy atom. The normalized spacial score (nSPS) is 23.1. The third-order valence-corrected chi connectivity index (χ3v) is 5.78. The number of fused-ring (bicyclic) bond motifs is 2. The van der Waals surface area contributed by atoms with E-state index in [0.29, 0.717) is 18.1 Å². The maximum atomic E-state index is 12.2. The van der Waals surface area contributed by atoms with Crippen molar-refractivity contribution in [1.29, 1.82) is 0 Å². The fourth-order valence-corrected chi connectivity index (χ4v) is 4.75. The Kier molecular flexibility index (Phi) is 5.00. The highest BCUT2D eigenvalue weighted by Gasteiger charge is 2.41. The van der Waals surface area contributed by atoms with Crippen molar-refractivity contribution < 1.29 is 14.7 Å². The van der Waals surface area contributed by atoms with Crippen LogP contribution in [-0.2, 0) is 9.59 Å². The highest BCUT2D eigenvalue weighted by Crippen LogP contribution is 2.48. The van der Waals surface area contributed by atoms with Gasteiger partial charge in [-0.3, -0.25) is 9.59 Å². The average molecular weight is 339 g/mol. The van der Waals surface area contributed by atoms with Gasteiger partial charge in [0.25, 0.3) is 5.91 Å². The largest absolute Gasteiger partial charge is 0.396 e. The molecule has 2 aliphatic heterocycles. The SMILES string of the molecule is O=C(CSC1=NC(=O)C2C(=N1)SC1=C2CCC1)NCCCO. The summed E-state index contributed by atoms with van der Waals surface area (Å²) in [6.45, 7) is 0.503. The van der Waals surface area contributed by atoms with E-state index in [1.54, 1.807) is 11.8 Å². The first kappa shape index (κ1) is 15.8. The summed E-state index contributed by atoms with van der Waals surface area (Å²) >= 11 is 2.79. The zero-order valence-electron chi connectivity index (χ0n) is 12.0. The first-order chi connectivity index (χ1) is 10.7. The smallest absolute Gasteiger partial charge is 0.262 e. The van der Waals surface area contributed by atoms with E-state index in [4.69, 9.17) is 5.11 Å². The van der Waals surface area contributed by atoms with Gasteiger partial charge in [-0.05, 0) is 36.2 Å². The molecule has 2 amide bonds. The summed E-state index contributed by atoms with van der Waals surface area (Å²) in [5, 5.41) is 12.6. The Hall–Kier alpha value is -1.12. The van der Waals surface area contributed by atoms with E-state index in [1.165, 1.54) is 22.2 Å². The van der Waals surface area contributed by atoms with Gasteiger partial charge in [0.2, 0.25) is 5.91 Å². The Labute approximate surface area is 136 Å². The number of amides is 2. The van der Waals surface area contributed by atoms with Gasteiger partial charge in [0.1, 0.15) is 5.92 Å². The molecule has 0 saturated carbocycles. The zero-order valence-corrected chi connectivity index (χ0v) is 13.6. The molecular weight excluding hydrogens is 322 g/mol. The summed E-state index contributed by atoms with van der Waals surface area (Å²) in [6.07, 6.45) is 3.67. The number of allylic oxidation sites excluding steroid dienone is 1. The van der Waals surface area contributed by atoms with Crippen LogP contribution in [0.15, 0.2) is 20.5 Å². The minimum atomic E-state index is -0.245. The Bertz CT molecular complexity index is 598. The van der Waals surface area contributed by atoms with Gasteiger partial charge in [0.15, 0.2) is 5.17 Å². The van der Waals surface area contributed by atoms with Crippen molar-refractivity contribution in [2.45, 2.75) is 25.7 Å². The molecule has 8 heteroatoms. The average Bonchev–Trinajstić information content (AvgIpc) is 3.05. The van der Waals surface area contributed by atoms with Crippen molar-refractivity contribution in [3.63, 3.8) is 0 Å². The zero-order chi connectivity index (χ0) is 15.5. The number of carbonyl (C=O) groups is 2. The third kappa shape index (κ3) is 3.28. The lowest BCUT2D eigenvalue weighted by Gasteiger charge is -2.15. The van der Waals surface area contributed by atoms with Crippen molar-refractivity contribution in [3.05, 3.63) is 10.5 Å². The van der Waals surface area contributed by atoms with Crippen molar-refractivity contribution in [2.75, 3.05) is 18.9 Å². The van der Waals surface area contributed by atoms with Gasteiger partial charge in [0.05, 0.1) is 10.8 Å². The third-order valence-electron chi connectivity index (χ3n) is 3.68. The van der Waals surface area contributed by atoms with E-state index in [-0.39, 0.29) is 30.1 Å². The molecule has 118 valence electrons. The van der Waals surface area contributed by atoms with Crippen LogP contribution < -0.4 is 5.32 Å². The molecule has 0 aromatic carbocycles. The predicted octanol–water partition coefficient (Wildman–Crippen LogP) is 1.31. The van der Waals surface area contributed by atoms with E-state index in [9.17, 15) is 9.59 Å². The van der Waals surface area contributed by atoms with E-state index in [0.717, 1.165) is 24.3 Å². The molecule has 3 aliphatic rings. The standard InChI is InChI=1S/C14H17N3O3S2/c18-6-2-5-15-10(19)7-21-14-16-12(20)11-8-3-1-4-9(8)22-13(11)17-14/h11,18H,1-7H2,(H,15,19). The molecule has 2 N–H and O–H groups in total. The van der Waals surface area contributed by atoms with Crippen molar-refractivity contribution in [2.24, 2.45) is 15.9 Å². The fourth-order valence-electron chi connectivity index (χ4n) is 2.67. The molecule has 2 heterocycles. The number of carbonyl (C=O) groups excluding carboxylic acids is 2. The van der Waals surface area contributed by atoms with E-state index < -0.39 is 0 Å². The maximum Gasteiger partial charge on any atom is 0.262 e. The molecule has 0 radical (unpaired) electrons. The number of amidine groups is 1. The van der Waals surface area contributed by atoms with Crippen LogP contribution in [0, 0.1) is 5.92 Å². The Morgan fingerprint density at radius 1 is 1.41 bits per heavy atom. The molecule has 0 bridgehead atoms. The molecule has 0 aromatic rings. The van der Waals surface area contributed by atoms with E-state index >= 15 is 0 Å². The molecule has 0 fully saturated rings. The molecule has 3 rings (SSSR count). The van der Waals surface area contributed by atoms with Crippen LogP contribution in [0.3, 0.4) is 0 Å². The molecular formula is C14H17N3O3S2. The second-order valence-corrected chi connectivity index (χ2v) is 7.29. The van der Waals surface area contributed by atoms with Gasteiger partial charge in [0, 0.05) is 13.2 Å². The van der Waals surface area contributed by atoms with Crippen LogP contribution in [0.5, 0.6) is 0 Å². The van der Waals surface area contributed by atoms with Gasteiger partial charge < -0.3 is 10.4 Å². The molecule has 1 unspecified atom stereocenters. The van der Waals surface area contributed by atoms with Gasteiger partial charge in [-0.25, -0.2) is 4.99 Å². The first-order valence-corrected chi connectivity index (χ1v) is 9.10. The lowest BCUT2D eigenvalue weighted by molar-refractivity contribution is -0.119. The van der Waals surface area contributed by atoms with Crippen LogP contribution in [0.25, 0.3) is 0 Å². The lowest BCUT2D eigenvalue weighted by Crippen LogP contribution is -2.28. The lowest BCUT2D eigenvalue weighted by atomic mass is 9.98. The number of hydrogen-bond acceptors (Lipinski definition) is 6. The predicted molar refractivity (Wildman–Crippen MR) is 89.0 cm³/mol. The molecule has 1 aliphatic carbocycles. The van der Waals surface area contributed by atoms with E-state index in [1.807, 2.05) is 0 Å². The summed E-state index contributed by atoms with van der Waals surface area (Å²) < 4.78 is 0. The molecule has 6 nitrogen and oxygen atoms in total. The molecule has 0 spiro atoms. The fraction of sp³-hybridized carbons (Fsp3) is 0.571. The van der Waals surface area contributed by atoms with Gasteiger partial charge in [-0.2, -0.15) is 4.99 Å². The molecule has 0 aromatic heterocycles. The minimum Gasteiger partial charge on any atom is -0.396 e. The van der Waals surface area contributed by atoms with Crippen LogP contribution in [0.4, 0.5) is 0 Å². The van der Waals surface area contributed by atoms with E-state index in [2.05, 4.69) is 15.3 Å². The second-order valence-electron chi connectivity index (χ2n) is 5.24. The monoisotopic (exact) mass is 339 g/mol. The molecule has 22 heavy (non-hydrogen) atoms. The summed E-state index contributed by atoms with van der Waals surface area (Å²) in [5.41, 5.74) is 1.21. The van der Waals surface area contributed by atoms with Gasteiger partial charge in [-0.15, -0.1) is 0 Å². The number of nitrogens with one attached hydrogen (secondary N) is 1. The van der Waals surface area contributed by atoms with Crippen LogP contribution >= 0.6 is 23.5 Å². The number of thioether (sulfide) groups is 2. The quantitative estimate of drug-likeness (QED) is 0.737. The maximum absolute atomic E-state index is 12.2. The van der Waals surface area contributed by atoms with Crippen molar-refractivity contribution in [1.82, 2.24) is 5.32 Å². The van der Waals surface area contributed by atoms with Crippen LogP contribution in [0.1, 0.15) is 25.7 Å². The minimum absolute atomic E-state index is 0.0541. The summed E-state index contributed by atoms with van der Waals surface area (Å²) in [7, 11) is 0. The Balaban J connectivity index is 1.56. The number of hydrogen-bond donors (Lipinski definition) is 2. The number of aliphatic imine (C=N–C) groups is 2. The van der Waals surface area contributed by atoms with Crippen LogP contribution in [0.2, 0.25) is 0 Å². The number of nitrogens with zero attached hydrogens (tertiary/aromatic N) is 2. The molecule has 0 saturated heterocycles. The topological polar surface area (TPSA) is 91.1 Å². The summed E-state index contributed by atoms with van der Waals surface area (Å²) in [4.78, 5) is 33.6. The highest BCUT2D eigenvalue weighted by molar-refractivity contribution is 8.18. The highest BCUT2D eigenvalue weighted by atomic mass is 32.2. The van der Waals surface area contributed by atoms with Gasteiger partial charge in [-0.1, -0.05) is 23.5 Å². The number of aliphatic hydroxyl groups excluding tert-OH is 1. The summed E-state index contributed by atoms with van der Waals surface area (Å²) in [6, 6.07) is 0. The summed E-state index contributed by atoms with van der Waals surface area (Å²) in [5.74, 6) is -0.356. The number of rotatable bonds is 5. The Morgan fingerprint density at radius 2 is 2.27 bits per heavy atom. The second kappa shape index (κ2) is 6.97. The first-order valence-electron chi connectivity index (χ1n) is 7.30. The molecule has 1 atom stereocenters. The van der Waals surface area contributed by atoms with Gasteiger partial charge >= 0.3 is 0 Å².